The quantitative estimate of drug-likeness (QED) is 0.553. The van der Waals surface area contributed by atoms with Gasteiger partial charge in [-0.1, -0.05) is 23.2 Å². The topological polar surface area (TPSA) is 87.4 Å². The van der Waals surface area contributed by atoms with Crippen molar-refractivity contribution in [3.63, 3.8) is 0 Å². The van der Waals surface area contributed by atoms with Crippen LogP contribution < -0.4 is 11.0 Å². The van der Waals surface area contributed by atoms with Gasteiger partial charge >= 0.3 is 0 Å². The van der Waals surface area contributed by atoms with Gasteiger partial charge in [0.25, 0.3) is 5.56 Å². The Labute approximate surface area is 150 Å². The van der Waals surface area contributed by atoms with E-state index in [1.807, 2.05) is 0 Å². The molecule has 9 heteroatoms. The monoisotopic (exact) mass is 417 g/mol. The number of nitrogens with zero attached hydrogens (tertiary/aromatic N) is 2. The molecule has 3 N–H and O–H groups in total. The molecular weight excluding hydrogens is 409 g/mol. The fraction of sp³-hybridized carbons (Fsp3) is 0. The van der Waals surface area contributed by atoms with Gasteiger partial charge in [0.15, 0.2) is 5.75 Å². The maximum Gasteiger partial charge on any atom is 0.281 e. The highest BCUT2D eigenvalue weighted by Gasteiger charge is 2.15. The zero-order chi connectivity index (χ0) is 15.9. The lowest BCUT2D eigenvalue weighted by atomic mass is 10.2. The average Bonchev–Trinajstić information content (AvgIpc) is 2.49. The van der Waals surface area contributed by atoms with E-state index in [1.54, 1.807) is 12.1 Å². The van der Waals surface area contributed by atoms with Crippen molar-refractivity contribution in [3.8, 4) is 11.5 Å². The minimum absolute atomic E-state index is 0. The molecule has 0 saturated carbocycles. The number of fused-ring (bicyclic) bond motifs is 1. The van der Waals surface area contributed by atoms with Crippen molar-refractivity contribution in [3.05, 3.63) is 57.1 Å². The zero-order valence-corrected chi connectivity index (χ0v) is 14.6. The van der Waals surface area contributed by atoms with Gasteiger partial charge in [-0.25, -0.2) is 9.66 Å². The summed E-state index contributed by atoms with van der Waals surface area (Å²) in [6.45, 7) is 0. The molecule has 0 atom stereocenters. The lowest BCUT2D eigenvalue weighted by Crippen LogP contribution is -2.26. The Morgan fingerprint density at radius 3 is 2.39 bits per heavy atom. The number of aromatic nitrogens is 2. The molecule has 0 aliphatic carbocycles. The number of benzene rings is 2. The second kappa shape index (κ2) is 6.66. The summed E-state index contributed by atoms with van der Waals surface area (Å²) < 4.78 is 1.12. The van der Waals surface area contributed by atoms with Crippen molar-refractivity contribution >= 4 is 56.8 Å². The van der Waals surface area contributed by atoms with Crippen LogP contribution in [0.2, 0.25) is 10.0 Å². The lowest BCUT2D eigenvalue weighted by Gasteiger charge is -2.11. The van der Waals surface area contributed by atoms with E-state index in [9.17, 15) is 15.0 Å². The number of rotatable bonds is 2. The third-order valence-electron chi connectivity index (χ3n) is 3.03. The first-order chi connectivity index (χ1) is 10.5. The Kier molecular flexibility index (Phi) is 5.03. The molecule has 0 saturated heterocycles. The Morgan fingerprint density at radius 1 is 1.09 bits per heavy atom. The molecule has 120 valence electrons. The number of nitrogens with one attached hydrogen (secondary N) is 1. The highest BCUT2D eigenvalue weighted by Crippen LogP contribution is 2.34. The van der Waals surface area contributed by atoms with Crippen LogP contribution >= 0.6 is 40.2 Å². The Hall–Kier alpha value is -1.96. The average molecular weight is 419 g/mol. The minimum Gasteiger partial charge on any atom is -0.508 e. The molecule has 1 heterocycles. The zero-order valence-electron chi connectivity index (χ0n) is 11.3. The normalized spacial score (nSPS) is 10.3. The molecule has 6 nitrogen and oxygen atoms in total. The van der Waals surface area contributed by atoms with Crippen LogP contribution in [0.15, 0.2) is 41.5 Å². The van der Waals surface area contributed by atoms with Gasteiger partial charge in [0.05, 0.1) is 21.1 Å². The third kappa shape index (κ3) is 3.21. The Morgan fingerprint density at radius 2 is 1.74 bits per heavy atom. The van der Waals surface area contributed by atoms with E-state index in [0.29, 0.717) is 5.69 Å². The maximum atomic E-state index is 12.5. The summed E-state index contributed by atoms with van der Waals surface area (Å²) in [4.78, 5) is 16.5. The van der Waals surface area contributed by atoms with E-state index < -0.39 is 5.56 Å². The smallest absolute Gasteiger partial charge is 0.281 e. The highest BCUT2D eigenvalue weighted by atomic mass is 79.9. The fourth-order valence-corrected chi connectivity index (χ4v) is 2.50. The largest absolute Gasteiger partial charge is 0.508 e. The molecule has 0 unspecified atom stereocenters. The van der Waals surface area contributed by atoms with E-state index in [2.05, 4.69) is 10.4 Å². The standard InChI is InChI=1S/C14H9Cl2N3O3.BrH/c15-9-5-10(16)13(21)12-11(9)14(22)19(6-17-12)18-7-1-3-8(20)4-2-7;/h1-6,18,20-21H;1H. The van der Waals surface area contributed by atoms with Crippen molar-refractivity contribution in [2.24, 2.45) is 0 Å². The number of phenols is 2. The molecule has 3 aromatic rings. The first-order valence-electron chi connectivity index (χ1n) is 6.12. The summed E-state index contributed by atoms with van der Waals surface area (Å²) in [5, 5.41) is 19.3. The van der Waals surface area contributed by atoms with Crippen LogP contribution in [-0.2, 0) is 0 Å². The molecule has 0 amide bonds. The molecule has 0 bridgehead atoms. The summed E-state index contributed by atoms with van der Waals surface area (Å²) in [6.07, 6.45) is 1.21. The molecule has 23 heavy (non-hydrogen) atoms. The van der Waals surface area contributed by atoms with Crippen molar-refractivity contribution < 1.29 is 10.2 Å². The van der Waals surface area contributed by atoms with Gasteiger partial charge in [0.1, 0.15) is 17.6 Å². The molecular formula is C14H10BrCl2N3O3. The van der Waals surface area contributed by atoms with Crippen LogP contribution in [0.3, 0.4) is 0 Å². The predicted molar refractivity (Wildman–Crippen MR) is 95.1 cm³/mol. The number of anilines is 1. The number of hydrogen-bond donors (Lipinski definition) is 3. The summed E-state index contributed by atoms with van der Waals surface area (Å²) in [7, 11) is 0. The van der Waals surface area contributed by atoms with Crippen LogP contribution in [0, 0.1) is 0 Å². The van der Waals surface area contributed by atoms with E-state index >= 15 is 0 Å². The first-order valence-corrected chi connectivity index (χ1v) is 6.87. The Balaban J connectivity index is 0.00000192. The molecule has 3 rings (SSSR count). The molecule has 0 aliphatic heterocycles. The molecule has 1 aromatic heterocycles. The lowest BCUT2D eigenvalue weighted by molar-refractivity contribution is 0.475. The highest BCUT2D eigenvalue weighted by molar-refractivity contribution is 8.93. The van der Waals surface area contributed by atoms with Crippen LogP contribution in [-0.4, -0.2) is 19.9 Å². The molecule has 0 fully saturated rings. The Bertz CT molecular complexity index is 929. The summed E-state index contributed by atoms with van der Waals surface area (Å²) in [5.74, 6) is -0.188. The van der Waals surface area contributed by atoms with Gasteiger partial charge in [-0.2, -0.15) is 0 Å². The first kappa shape index (κ1) is 17.4. The molecule has 0 spiro atoms. The SMILES string of the molecule is Br.O=c1c2c(Cl)cc(Cl)c(O)c2ncn1Nc1ccc(O)cc1. The fourth-order valence-electron chi connectivity index (χ4n) is 1.97. The van der Waals surface area contributed by atoms with Crippen molar-refractivity contribution in [2.45, 2.75) is 0 Å². The van der Waals surface area contributed by atoms with Crippen molar-refractivity contribution in [1.82, 2.24) is 9.66 Å². The van der Waals surface area contributed by atoms with Gasteiger partial charge in [-0.3, -0.25) is 10.2 Å². The van der Waals surface area contributed by atoms with E-state index in [0.717, 1.165) is 4.68 Å². The number of phenolic OH excluding ortho intramolecular Hbond substituents is 2. The minimum atomic E-state index is -0.491. The number of hydrogen-bond acceptors (Lipinski definition) is 5. The van der Waals surface area contributed by atoms with Crippen LogP contribution in [0.25, 0.3) is 10.9 Å². The van der Waals surface area contributed by atoms with Gasteiger partial charge in [0.2, 0.25) is 0 Å². The van der Waals surface area contributed by atoms with Crippen molar-refractivity contribution in [2.75, 3.05) is 5.43 Å². The van der Waals surface area contributed by atoms with Crippen LogP contribution in [0.1, 0.15) is 0 Å². The van der Waals surface area contributed by atoms with E-state index in [-0.39, 0.29) is 49.4 Å². The predicted octanol–water partition coefficient (Wildman–Crippen LogP) is 3.57. The number of aromatic hydroxyl groups is 2. The van der Waals surface area contributed by atoms with Crippen molar-refractivity contribution in [1.29, 1.82) is 0 Å². The molecule has 2 aromatic carbocycles. The van der Waals surface area contributed by atoms with E-state index in [4.69, 9.17) is 23.2 Å². The van der Waals surface area contributed by atoms with Gasteiger partial charge < -0.3 is 10.2 Å². The summed E-state index contributed by atoms with van der Waals surface area (Å²) in [6, 6.07) is 7.41. The number of halogens is 3. The van der Waals surface area contributed by atoms with Crippen LogP contribution in [0.5, 0.6) is 11.5 Å². The van der Waals surface area contributed by atoms with Gasteiger partial charge in [0, 0.05) is 0 Å². The second-order valence-corrected chi connectivity index (χ2v) is 5.31. The third-order valence-corrected chi connectivity index (χ3v) is 3.62. The molecule has 0 radical (unpaired) electrons. The second-order valence-electron chi connectivity index (χ2n) is 4.49. The van der Waals surface area contributed by atoms with Gasteiger partial charge in [-0.05, 0) is 30.3 Å². The maximum absolute atomic E-state index is 12.5. The summed E-state index contributed by atoms with van der Waals surface area (Å²) in [5.41, 5.74) is 2.92. The van der Waals surface area contributed by atoms with Crippen LogP contribution in [0.4, 0.5) is 5.69 Å². The van der Waals surface area contributed by atoms with E-state index in [1.165, 1.54) is 24.5 Å². The molecule has 0 aliphatic rings. The van der Waals surface area contributed by atoms with Gasteiger partial charge in [-0.15, -0.1) is 17.0 Å². The summed E-state index contributed by atoms with van der Waals surface area (Å²) >= 11 is 11.8.